The summed E-state index contributed by atoms with van der Waals surface area (Å²) >= 11 is 0. The number of methoxy groups -OCH3 is 1. The van der Waals surface area contributed by atoms with Gasteiger partial charge in [0, 0.05) is 19.0 Å². The fourth-order valence-electron chi connectivity index (χ4n) is 2.77. The lowest BCUT2D eigenvalue weighted by atomic mass is 9.83. The molecule has 0 fully saturated rings. The quantitative estimate of drug-likeness (QED) is 0.919. The van der Waals surface area contributed by atoms with Gasteiger partial charge in [0.1, 0.15) is 5.75 Å². The molecule has 100 valence electrons. The molecule has 0 bridgehead atoms. The van der Waals surface area contributed by atoms with Gasteiger partial charge in [-0.2, -0.15) is 0 Å². The van der Waals surface area contributed by atoms with Crippen LogP contribution in [-0.2, 0) is 12.8 Å². The van der Waals surface area contributed by atoms with Gasteiger partial charge >= 0.3 is 0 Å². The van der Waals surface area contributed by atoms with E-state index in [1.807, 2.05) is 19.2 Å². The first-order chi connectivity index (χ1) is 9.31. The maximum atomic E-state index is 5.31. The molecule has 1 atom stereocenters. The number of ether oxygens (including phenoxy) is 1. The molecule has 0 spiro atoms. The van der Waals surface area contributed by atoms with Gasteiger partial charge in [0.25, 0.3) is 0 Å². The van der Waals surface area contributed by atoms with E-state index >= 15 is 0 Å². The number of hydrogen-bond acceptors (Lipinski definition) is 4. The van der Waals surface area contributed by atoms with Crippen LogP contribution in [0.5, 0.6) is 5.75 Å². The summed E-state index contributed by atoms with van der Waals surface area (Å²) in [6.45, 7) is 0. The average molecular weight is 258 g/mol. The Morgan fingerprint density at radius 3 is 2.79 bits per heavy atom. The van der Waals surface area contributed by atoms with E-state index in [4.69, 9.17) is 9.26 Å². The smallest absolute Gasteiger partial charge is 0.227 e. The molecule has 2 aromatic rings. The van der Waals surface area contributed by atoms with Gasteiger partial charge in [-0.3, -0.25) is 0 Å². The Labute approximate surface area is 112 Å². The molecule has 0 aliphatic heterocycles. The fourth-order valence-corrected chi connectivity index (χ4v) is 2.77. The number of aromatic nitrogens is 1. The summed E-state index contributed by atoms with van der Waals surface area (Å²) in [7, 11) is 3.56. The predicted molar refractivity (Wildman–Crippen MR) is 73.8 cm³/mol. The van der Waals surface area contributed by atoms with E-state index in [0.29, 0.717) is 5.92 Å². The molecule has 0 saturated carbocycles. The molecule has 1 unspecified atom stereocenters. The first kappa shape index (κ1) is 12.1. The van der Waals surface area contributed by atoms with Crippen LogP contribution in [0.25, 0.3) is 0 Å². The van der Waals surface area contributed by atoms with Crippen molar-refractivity contribution in [3.63, 3.8) is 0 Å². The number of hydrogen-bond donors (Lipinski definition) is 1. The summed E-state index contributed by atoms with van der Waals surface area (Å²) in [5, 5.41) is 7.23. The second-order valence-corrected chi connectivity index (χ2v) is 4.90. The highest BCUT2D eigenvalue weighted by Gasteiger charge is 2.25. The number of benzene rings is 1. The first-order valence-electron chi connectivity index (χ1n) is 6.61. The van der Waals surface area contributed by atoms with Crippen molar-refractivity contribution < 1.29 is 9.26 Å². The van der Waals surface area contributed by atoms with Gasteiger partial charge in [-0.15, -0.1) is 0 Å². The van der Waals surface area contributed by atoms with E-state index in [0.717, 1.165) is 36.6 Å². The van der Waals surface area contributed by atoms with Gasteiger partial charge < -0.3 is 14.6 Å². The molecule has 1 aliphatic carbocycles. The first-order valence-corrected chi connectivity index (χ1v) is 6.61. The average Bonchev–Trinajstić information content (AvgIpc) is 2.89. The molecule has 4 nitrogen and oxygen atoms in total. The molecule has 0 saturated heterocycles. The van der Waals surface area contributed by atoms with Gasteiger partial charge in [0.05, 0.1) is 12.8 Å². The van der Waals surface area contributed by atoms with Crippen molar-refractivity contribution in [2.24, 2.45) is 0 Å². The molecule has 0 radical (unpaired) electrons. The van der Waals surface area contributed by atoms with Crippen LogP contribution in [0.15, 0.2) is 28.8 Å². The van der Waals surface area contributed by atoms with Crippen molar-refractivity contribution in [2.45, 2.75) is 25.2 Å². The summed E-state index contributed by atoms with van der Waals surface area (Å²) < 4.78 is 10.5. The SMILES string of the molecule is CNc1onc2c1CCC(c1ccc(OC)cc1)C2. The van der Waals surface area contributed by atoms with Crippen molar-refractivity contribution in [2.75, 3.05) is 19.5 Å². The number of nitrogens with zero attached hydrogens (tertiary/aromatic N) is 1. The minimum Gasteiger partial charge on any atom is -0.497 e. The van der Waals surface area contributed by atoms with Crippen LogP contribution in [0.4, 0.5) is 5.88 Å². The summed E-state index contributed by atoms with van der Waals surface area (Å²) in [5.74, 6) is 2.25. The van der Waals surface area contributed by atoms with Crippen LogP contribution in [0.1, 0.15) is 29.2 Å². The van der Waals surface area contributed by atoms with Gasteiger partial charge in [0.15, 0.2) is 0 Å². The summed E-state index contributed by atoms with van der Waals surface area (Å²) in [6, 6.07) is 8.33. The van der Waals surface area contributed by atoms with E-state index in [1.165, 1.54) is 11.1 Å². The second-order valence-electron chi connectivity index (χ2n) is 4.90. The highest BCUT2D eigenvalue weighted by atomic mass is 16.5. The van der Waals surface area contributed by atoms with Gasteiger partial charge in [-0.25, -0.2) is 0 Å². The Kier molecular flexibility index (Phi) is 3.15. The lowest BCUT2D eigenvalue weighted by Gasteiger charge is -2.21. The molecular weight excluding hydrogens is 240 g/mol. The Morgan fingerprint density at radius 1 is 1.32 bits per heavy atom. The van der Waals surface area contributed by atoms with Crippen molar-refractivity contribution in [3.05, 3.63) is 41.1 Å². The highest BCUT2D eigenvalue weighted by Crippen LogP contribution is 2.35. The highest BCUT2D eigenvalue weighted by molar-refractivity contribution is 5.45. The number of nitrogens with one attached hydrogen (secondary N) is 1. The van der Waals surface area contributed by atoms with E-state index in [-0.39, 0.29) is 0 Å². The Bertz CT molecular complexity index is 560. The van der Waals surface area contributed by atoms with Crippen LogP contribution >= 0.6 is 0 Å². The van der Waals surface area contributed by atoms with Gasteiger partial charge in [-0.1, -0.05) is 17.3 Å². The third-order valence-corrected chi connectivity index (χ3v) is 3.87. The summed E-state index contributed by atoms with van der Waals surface area (Å²) in [6.07, 6.45) is 3.10. The van der Waals surface area contributed by atoms with Crippen LogP contribution in [0, 0.1) is 0 Å². The van der Waals surface area contributed by atoms with E-state index in [1.54, 1.807) is 7.11 Å². The van der Waals surface area contributed by atoms with Crippen LogP contribution < -0.4 is 10.1 Å². The standard InChI is InChI=1S/C15H18N2O2/c1-16-15-13-8-5-11(9-14(13)17-19-15)10-3-6-12(18-2)7-4-10/h3-4,6-7,11,16H,5,8-9H2,1-2H3. The van der Waals surface area contributed by atoms with Gasteiger partial charge in [0.2, 0.25) is 5.88 Å². The molecule has 1 N–H and O–H groups in total. The zero-order valence-corrected chi connectivity index (χ0v) is 11.3. The third kappa shape index (κ3) is 2.18. The molecule has 1 aromatic carbocycles. The number of fused-ring (bicyclic) bond motifs is 1. The lowest BCUT2D eigenvalue weighted by molar-refractivity contribution is 0.414. The normalized spacial score (nSPS) is 17.9. The topological polar surface area (TPSA) is 47.3 Å². The van der Waals surface area contributed by atoms with Crippen LogP contribution in [-0.4, -0.2) is 19.3 Å². The molecule has 1 aliphatic rings. The molecule has 1 heterocycles. The van der Waals surface area contributed by atoms with E-state index < -0.39 is 0 Å². The van der Waals surface area contributed by atoms with Crippen LogP contribution in [0.2, 0.25) is 0 Å². The van der Waals surface area contributed by atoms with Crippen molar-refractivity contribution >= 4 is 5.88 Å². The minimum atomic E-state index is 0.521. The molecule has 19 heavy (non-hydrogen) atoms. The number of anilines is 1. The van der Waals surface area contributed by atoms with Crippen molar-refractivity contribution in [1.82, 2.24) is 5.16 Å². The van der Waals surface area contributed by atoms with Gasteiger partial charge in [-0.05, 0) is 36.5 Å². The Hall–Kier alpha value is -1.97. The van der Waals surface area contributed by atoms with Crippen molar-refractivity contribution in [1.29, 1.82) is 0 Å². The maximum Gasteiger partial charge on any atom is 0.227 e. The molecule has 0 amide bonds. The van der Waals surface area contributed by atoms with Crippen LogP contribution in [0.3, 0.4) is 0 Å². The summed E-state index contributed by atoms with van der Waals surface area (Å²) in [5.41, 5.74) is 3.68. The van der Waals surface area contributed by atoms with E-state index in [9.17, 15) is 0 Å². The fraction of sp³-hybridized carbons (Fsp3) is 0.400. The van der Waals surface area contributed by atoms with E-state index in [2.05, 4.69) is 22.6 Å². The Morgan fingerprint density at radius 2 is 2.11 bits per heavy atom. The molecule has 3 rings (SSSR count). The summed E-state index contributed by atoms with van der Waals surface area (Å²) in [4.78, 5) is 0. The number of rotatable bonds is 3. The second kappa shape index (κ2) is 4.96. The predicted octanol–water partition coefficient (Wildman–Crippen LogP) is 3.00. The monoisotopic (exact) mass is 258 g/mol. The zero-order chi connectivity index (χ0) is 13.2. The Balaban J connectivity index is 1.81. The molecule has 4 heteroatoms. The molecular formula is C15H18N2O2. The largest absolute Gasteiger partial charge is 0.497 e. The third-order valence-electron chi connectivity index (χ3n) is 3.87. The van der Waals surface area contributed by atoms with Crippen molar-refractivity contribution in [3.8, 4) is 5.75 Å². The minimum absolute atomic E-state index is 0.521. The maximum absolute atomic E-state index is 5.31. The zero-order valence-electron chi connectivity index (χ0n) is 11.3. The lowest BCUT2D eigenvalue weighted by Crippen LogP contribution is -2.12. The molecule has 1 aromatic heterocycles.